The number of amides is 1. The summed E-state index contributed by atoms with van der Waals surface area (Å²) in [5.41, 5.74) is -0.740. The zero-order chi connectivity index (χ0) is 21.2. The van der Waals surface area contributed by atoms with Crippen LogP contribution in [0.3, 0.4) is 0 Å². The monoisotopic (exact) mass is 410 g/mol. The second kappa shape index (κ2) is 8.05. The zero-order valence-corrected chi connectivity index (χ0v) is 17.0. The van der Waals surface area contributed by atoms with Crippen molar-refractivity contribution < 1.29 is 31.1 Å². The minimum atomic E-state index is -4.58. The van der Waals surface area contributed by atoms with E-state index in [1.807, 2.05) is 0 Å². The number of ether oxygens (including phenoxy) is 1. The minimum absolute atomic E-state index is 0.00144. The molecule has 1 amide bonds. The van der Waals surface area contributed by atoms with Gasteiger partial charge in [-0.3, -0.25) is 4.79 Å². The van der Waals surface area contributed by atoms with Crippen LogP contribution in [0.5, 0.6) is 5.75 Å². The number of sulfonamides is 1. The number of alkyl halides is 3. The van der Waals surface area contributed by atoms with E-state index < -0.39 is 34.1 Å². The van der Waals surface area contributed by atoms with Crippen LogP contribution in [0.1, 0.15) is 31.1 Å². The molecule has 1 rings (SSSR count). The molecule has 0 radical (unpaired) electrons. The van der Waals surface area contributed by atoms with Crippen LogP contribution in [-0.4, -0.2) is 64.0 Å². The molecule has 1 aromatic rings. The Morgan fingerprint density at radius 2 is 1.67 bits per heavy atom. The summed E-state index contributed by atoms with van der Waals surface area (Å²) in [6.45, 7) is 3.55. The number of carbonyl (C=O) groups is 1. The van der Waals surface area contributed by atoms with Gasteiger partial charge in [0.1, 0.15) is 17.2 Å². The molecule has 27 heavy (non-hydrogen) atoms. The lowest BCUT2D eigenvalue weighted by Crippen LogP contribution is -2.43. The van der Waals surface area contributed by atoms with Crippen molar-refractivity contribution in [3.63, 3.8) is 0 Å². The van der Waals surface area contributed by atoms with Crippen molar-refractivity contribution in [3.8, 4) is 5.75 Å². The second-order valence-corrected chi connectivity index (χ2v) is 9.61. The van der Waals surface area contributed by atoms with Crippen LogP contribution in [0, 0.1) is 5.41 Å². The number of benzene rings is 1. The predicted molar refractivity (Wildman–Crippen MR) is 95.3 cm³/mol. The Kier molecular flexibility index (Phi) is 6.93. The van der Waals surface area contributed by atoms with Crippen molar-refractivity contribution >= 4 is 15.9 Å². The predicted octanol–water partition coefficient (Wildman–Crippen LogP) is 3.00. The third kappa shape index (κ3) is 6.39. The zero-order valence-electron chi connectivity index (χ0n) is 16.2. The Morgan fingerprint density at radius 1 is 1.11 bits per heavy atom. The lowest BCUT2D eigenvalue weighted by atomic mass is 9.95. The normalized spacial score (nSPS) is 13.0. The molecule has 0 saturated heterocycles. The van der Waals surface area contributed by atoms with E-state index in [0.717, 1.165) is 10.4 Å². The van der Waals surface area contributed by atoms with Crippen LogP contribution >= 0.6 is 0 Å². The molecular formula is C17H25F3N2O4S. The Bertz CT molecular complexity index is 768. The van der Waals surface area contributed by atoms with E-state index in [1.165, 1.54) is 33.3 Å². The second-order valence-electron chi connectivity index (χ2n) is 7.49. The van der Waals surface area contributed by atoms with Gasteiger partial charge in [-0.25, -0.2) is 12.7 Å². The lowest BCUT2D eigenvalue weighted by molar-refractivity contribution is -0.142. The topological polar surface area (TPSA) is 66.9 Å². The van der Waals surface area contributed by atoms with Gasteiger partial charge in [0, 0.05) is 26.2 Å². The SMILES string of the molecule is COc1ccc(C(=O)N(CC(C)(C)C)CC(F)(F)F)cc1S(=O)(=O)N(C)C. The van der Waals surface area contributed by atoms with Crippen LogP contribution < -0.4 is 4.74 Å². The highest BCUT2D eigenvalue weighted by molar-refractivity contribution is 7.89. The number of carbonyl (C=O) groups excluding carboxylic acids is 1. The first-order valence-corrected chi connectivity index (χ1v) is 9.49. The first-order valence-electron chi connectivity index (χ1n) is 8.05. The highest BCUT2D eigenvalue weighted by Crippen LogP contribution is 2.29. The van der Waals surface area contributed by atoms with Crippen molar-refractivity contribution in [2.45, 2.75) is 31.8 Å². The number of nitrogens with zero attached hydrogens (tertiary/aromatic N) is 2. The lowest BCUT2D eigenvalue weighted by Gasteiger charge is -2.31. The highest BCUT2D eigenvalue weighted by Gasteiger charge is 2.35. The van der Waals surface area contributed by atoms with Crippen LogP contribution in [0.4, 0.5) is 13.2 Å². The van der Waals surface area contributed by atoms with Crippen LogP contribution in [0.25, 0.3) is 0 Å². The summed E-state index contributed by atoms with van der Waals surface area (Å²) in [6, 6.07) is 3.55. The Hall–Kier alpha value is -1.81. The van der Waals surface area contributed by atoms with Gasteiger partial charge in [0.15, 0.2) is 0 Å². The van der Waals surface area contributed by atoms with Crippen LogP contribution in [-0.2, 0) is 10.0 Å². The molecule has 0 fully saturated rings. The van der Waals surface area contributed by atoms with E-state index in [9.17, 15) is 26.4 Å². The standard InChI is InChI=1S/C17H25F3N2O4S/c1-16(2,3)10-22(11-17(18,19)20)15(23)12-7-8-13(26-6)14(9-12)27(24,25)21(4)5/h7-9H,10-11H2,1-6H3. The van der Waals surface area contributed by atoms with Gasteiger partial charge in [0.25, 0.3) is 5.91 Å². The maximum absolute atomic E-state index is 12.9. The molecule has 0 unspecified atom stereocenters. The van der Waals surface area contributed by atoms with Crippen molar-refractivity contribution in [1.29, 1.82) is 0 Å². The Labute approximate surface area is 157 Å². The molecule has 0 aliphatic rings. The van der Waals surface area contributed by atoms with E-state index in [2.05, 4.69) is 0 Å². The molecule has 0 aromatic heterocycles. The van der Waals surface area contributed by atoms with Crippen molar-refractivity contribution in [2.75, 3.05) is 34.3 Å². The molecule has 0 saturated carbocycles. The average molecular weight is 410 g/mol. The van der Waals surface area contributed by atoms with Gasteiger partial charge in [0.2, 0.25) is 10.0 Å². The van der Waals surface area contributed by atoms with Gasteiger partial charge < -0.3 is 9.64 Å². The molecule has 1 aromatic carbocycles. The largest absolute Gasteiger partial charge is 0.495 e. The number of hydrogen-bond donors (Lipinski definition) is 0. The molecule has 0 aliphatic heterocycles. The number of rotatable bonds is 6. The Morgan fingerprint density at radius 3 is 2.07 bits per heavy atom. The van der Waals surface area contributed by atoms with Crippen LogP contribution in [0.15, 0.2) is 23.1 Å². The van der Waals surface area contributed by atoms with E-state index in [1.54, 1.807) is 20.8 Å². The quantitative estimate of drug-likeness (QED) is 0.723. The fourth-order valence-corrected chi connectivity index (χ4v) is 3.45. The summed E-state index contributed by atoms with van der Waals surface area (Å²) in [5, 5.41) is 0. The van der Waals surface area contributed by atoms with Crippen molar-refractivity contribution in [1.82, 2.24) is 9.21 Å². The molecule has 0 aliphatic carbocycles. The summed E-state index contributed by atoms with van der Waals surface area (Å²) < 4.78 is 69.7. The maximum Gasteiger partial charge on any atom is 0.406 e. The molecule has 0 spiro atoms. The molecule has 0 N–H and O–H groups in total. The number of hydrogen-bond acceptors (Lipinski definition) is 4. The summed E-state index contributed by atoms with van der Waals surface area (Å²) in [5.74, 6) is -0.904. The molecule has 6 nitrogen and oxygen atoms in total. The van der Waals surface area contributed by atoms with Gasteiger partial charge >= 0.3 is 6.18 Å². The smallest absolute Gasteiger partial charge is 0.406 e. The molecule has 154 valence electrons. The van der Waals surface area contributed by atoms with E-state index >= 15 is 0 Å². The highest BCUT2D eigenvalue weighted by atomic mass is 32.2. The first kappa shape index (κ1) is 23.2. The number of halogens is 3. The van der Waals surface area contributed by atoms with E-state index in [4.69, 9.17) is 4.74 Å². The third-order valence-electron chi connectivity index (χ3n) is 3.49. The summed E-state index contributed by atoms with van der Waals surface area (Å²) in [7, 11) is -0.0825. The number of methoxy groups -OCH3 is 1. The summed E-state index contributed by atoms with van der Waals surface area (Å²) in [4.78, 5) is 13.1. The van der Waals surface area contributed by atoms with Crippen molar-refractivity contribution in [3.05, 3.63) is 23.8 Å². The van der Waals surface area contributed by atoms with Gasteiger partial charge in [-0.05, 0) is 23.6 Å². The van der Waals surface area contributed by atoms with Crippen LogP contribution in [0.2, 0.25) is 0 Å². The third-order valence-corrected chi connectivity index (χ3v) is 5.33. The molecular weight excluding hydrogens is 385 g/mol. The maximum atomic E-state index is 12.9. The molecule has 10 heteroatoms. The van der Waals surface area contributed by atoms with E-state index in [-0.39, 0.29) is 22.8 Å². The van der Waals surface area contributed by atoms with Gasteiger partial charge in [-0.1, -0.05) is 20.8 Å². The minimum Gasteiger partial charge on any atom is -0.495 e. The summed E-state index contributed by atoms with van der Waals surface area (Å²) >= 11 is 0. The fourth-order valence-electron chi connectivity index (χ4n) is 2.38. The van der Waals surface area contributed by atoms with Gasteiger partial charge in [-0.2, -0.15) is 13.2 Å². The fraction of sp³-hybridized carbons (Fsp3) is 0.588. The molecule has 0 heterocycles. The molecule has 0 bridgehead atoms. The van der Waals surface area contributed by atoms with Gasteiger partial charge in [0.05, 0.1) is 7.11 Å². The Balaban J connectivity index is 3.42. The van der Waals surface area contributed by atoms with Gasteiger partial charge in [-0.15, -0.1) is 0 Å². The summed E-state index contributed by atoms with van der Waals surface area (Å²) in [6.07, 6.45) is -4.58. The first-order chi connectivity index (χ1) is 12.1. The average Bonchev–Trinajstić information content (AvgIpc) is 2.50. The van der Waals surface area contributed by atoms with E-state index in [0.29, 0.717) is 4.90 Å². The molecule has 0 atom stereocenters. The van der Waals surface area contributed by atoms with Crippen molar-refractivity contribution in [2.24, 2.45) is 5.41 Å².